The van der Waals surface area contributed by atoms with Gasteiger partial charge in [-0.05, 0) is 18.9 Å². The molecule has 11 heavy (non-hydrogen) atoms. The number of allylic oxidation sites excluding steroid dienone is 1. The standard InChI is InChI=1S/C8H13N3/c1-6(9)7-3-4-11-5-8(7)10-2/h5H,3-4,9H2,1-2H3/b7-6-,10-8?. The van der Waals surface area contributed by atoms with E-state index in [1.807, 2.05) is 6.92 Å². The Morgan fingerprint density at radius 2 is 2.45 bits per heavy atom. The molecule has 0 saturated carbocycles. The van der Waals surface area contributed by atoms with Crippen LogP contribution >= 0.6 is 0 Å². The molecule has 0 aromatic carbocycles. The molecule has 3 heteroatoms. The van der Waals surface area contributed by atoms with Gasteiger partial charge in [-0.3, -0.25) is 9.98 Å². The SMILES string of the molecule is CN=C1C=NCC/C1=C(\C)N. The Morgan fingerprint density at radius 1 is 1.73 bits per heavy atom. The molecule has 0 saturated heterocycles. The smallest absolute Gasteiger partial charge is 0.0798 e. The number of nitrogens with zero attached hydrogens (tertiary/aromatic N) is 2. The van der Waals surface area contributed by atoms with E-state index in [4.69, 9.17) is 5.73 Å². The molecule has 0 unspecified atom stereocenters. The number of rotatable bonds is 0. The number of hydrogen-bond donors (Lipinski definition) is 1. The zero-order valence-corrected chi connectivity index (χ0v) is 6.96. The lowest BCUT2D eigenvalue weighted by molar-refractivity contribution is 0.957. The lowest BCUT2D eigenvalue weighted by atomic mass is 10.0. The largest absolute Gasteiger partial charge is 0.402 e. The summed E-state index contributed by atoms with van der Waals surface area (Å²) in [7, 11) is 1.76. The van der Waals surface area contributed by atoms with Crippen LogP contribution in [0.5, 0.6) is 0 Å². The summed E-state index contributed by atoms with van der Waals surface area (Å²) in [6.45, 7) is 2.74. The minimum absolute atomic E-state index is 0.836. The molecule has 0 radical (unpaired) electrons. The van der Waals surface area contributed by atoms with Gasteiger partial charge in [0.1, 0.15) is 0 Å². The maximum Gasteiger partial charge on any atom is 0.0798 e. The first-order chi connectivity index (χ1) is 5.25. The van der Waals surface area contributed by atoms with E-state index in [0.29, 0.717) is 0 Å². The van der Waals surface area contributed by atoms with E-state index in [1.54, 1.807) is 13.3 Å². The Balaban J connectivity index is 2.99. The van der Waals surface area contributed by atoms with Gasteiger partial charge in [0, 0.05) is 25.5 Å². The van der Waals surface area contributed by atoms with E-state index in [2.05, 4.69) is 9.98 Å². The minimum Gasteiger partial charge on any atom is -0.402 e. The predicted octanol–water partition coefficient (Wildman–Crippen LogP) is 0.764. The Bertz CT molecular complexity index is 232. The monoisotopic (exact) mass is 151 g/mol. The molecule has 1 aliphatic heterocycles. The van der Waals surface area contributed by atoms with Crippen LogP contribution < -0.4 is 5.73 Å². The van der Waals surface area contributed by atoms with Crippen molar-refractivity contribution in [3.05, 3.63) is 11.3 Å². The second-order valence-electron chi connectivity index (χ2n) is 2.56. The van der Waals surface area contributed by atoms with E-state index < -0.39 is 0 Å². The maximum absolute atomic E-state index is 5.67. The van der Waals surface area contributed by atoms with Crippen LogP contribution in [0, 0.1) is 0 Å². The molecule has 0 amide bonds. The van der Waals surface area contributed by atoms with Gasteiger partial charge in [-0.25, -0.2) is 0 Å². The second kappa shape index (κ2) is 3.32. The van der Waals surface area contributed by atoms with Crippen LogP contribution in [-0.2, 0) is 0 Å². The van der Waals surface area contributed by atoms with Crippen LogP contribution in [0.15, 0.2) is 21.3 Å². The maximum atomic E-state index is 5.67. The van der Waals surface area contributed by atoms with E-state index in [9.17, 15) is 0 Å². The van der Waals surface area contributed by atoms with Gasteiger partial charge >= 0.3 is 0 Å². The number of nitrogens with two attached hydrogens (primary N) is 1. The van der Waals surface area contributed by atoms with Crippen molar-refractivity contribution in [2.45, 2.75) is 13.3 Å². The molecular formula is C8H13N3. The highest BCUT2D eigenvalue weighted by atomic mass is 14.8. The Morgan fingerprint density at radius 3 is 2.91 bits per heavy atom. The molecule has 0 bridgehead atoms. The highest BCUT2D eigenvalue weighted by Gasteiger charge is 2.09. The van der Waals surface area contributed by atoms with Gasteiger partial charge in [0.15, 0.2) is 0 Å². The molecular weight excluding hydrogens is 138 g/mol. The van der Waals surface area contributed by atoms with Crippen molar-refractivity contribution in [1.82, 2.24) is 0 Å². The first kappa shape index (κ1) is 7.98. The van der Waals surface area contributed by atoms with Crippen LogP contribution in [0.3, 0.4) is 0 Å². The van der Waals surface area contributed by atoms with E-state index in [0.717, 1.165) is 29.9 Å². The molecule has 0 aromatic rings. The van der Waals surface area contributed by atoms with E-state index >= 15 is 0 Å². The molecule has 1 heterocycles. The van der Waals surface area contributed by atoms with Crippen molar-refractivity contribution in [2.24, 2.45) is 15.7 Å². The molecule has 0 aliphatic carbocycles. The molecule has 0 atom stereocenters. The first-order valence-electron chi connectivity index (χ1n) is 3.68. The lowest BCUT2D eigenvalue weighted by Crippen LogP contribution is -2.15. The molecule has 2 N–H and O–H groups in total. The lowest BCUT2D eigenvalue weighted by Gasteiger charge is -2.11. The summed E-state index contributed by atoms with van der Waals surface area (Å²) < 4.78 is 0. The fraction of sp³-hybridized carbons (Fsp3) is 0.500. The Hall–Kier alpha value is -1.12. The molecule has 1 aliphatic rings. The Kier molecular flexibility index (Phi) is 2.41. The predicted molar refractivity (Wildman–Crippen MR) is 48.2 cm³/mol. The van der Waals surface area contributed by atoms with Crippen molar-refractivity contribution < 1.29 is 0 Å². The van der Waals surface area contributed by atoms with Gasteiger partial charge in [0.2, 0.25) is 0 Å². The van der Waals surface area contributed by atoms with Gasteiger partial charge < -0.3 is 5.73 Å². The first-order valence-corrected chi connectivity index (χ1v) is 3.68. The Labute approximate surface area is 66.7 Å². The highest BCUT2D eigenvalue weighted by Crippen LogP contribution is 2.10. The number of aliphatic imine (C=N–C) groups is 2. The van der Waals surface area contributed by atoms with Crippen molar-refractivity contribution in [2.75, 3.05) is 13.6 Å². The fourth-order valence-corrected chi connectivity index (χ4v) is 1.13. The molecule has 0 fully saturated rings. The average molecular weight is 151 g/mol. The van der Waals surface area contributed by atoms with Crippen LogP contribution in [0.25, 0.3) is 0 Å². The molecule has 3 nitrogen and oxygen atoms in total. The third-order valence-corrected chi connectivity index (χ3v) is 1.73. The third kappa shape index (κ3) is 1.67. The zero-order chi connectivity index (χ0) is 8.27. The summed E-state index contributed by atoms with van der Waals surface area (Å²) >= 11 is 0. The van der Waals surface area contributed by atoms with Crippen LogP contribution in [0.1, 0.15) is 13.3 Å². The highest BCUT2D eigenvalue weighted by molar-refractivity contribution is 6.38. The topological polar surface area (TPSA) is 50.7 Å². The summed E-state index contributed by atoms with van der Waals surface area (Å²) in [5, 5.41) is 0. The summed E-state index contributed by atoms with van der Waals surface area (Å²) in [6, 6.07) is 0. The third-order valence-electron chi connectivity index (χ3n) is 1.73. The van der Waals surface area contributed by atoms with Crippen LogP contribution in [-0.4, -0.2) is 25.5 Å². The normalized spacial score (nSPS) is 25.8. The molecule has 60 valence electrons. The van der Waals surface area contributed by atoms with Crippen molar-refractivity contribution in [3.63, 3.8) is 0 Å². The minimum atomic E-state index is 0.836. The molecule has 1 rings (SSSR count). The van der Waals surface area contributed by atoms with Gasteiger partial charge in [-0.2, -0.15) is 0 Å². The van der Waals surface area contributed by atoms with Crippen molar-refractivity contribution in [1.29, 1.82) is 0 Å². The summed E-state index contributed by atoms with van der Waals surface area (Å²) in [4.78, 5) is 8.20. The van der Waals surface area contributed by atoms with Crippen LogP contribution in [0.4, 0.5) is 0 Å². The van der Waals surface area contributed by atoms with E-state index in [-0.39, 0.29) is 0 Å². The zero-order valence-electron chi connectivity index (χ0n) is 6.96. The molecule has 0 spiro atoms. The van der Waals surface area contributed by atoms with Gasteiger partial charge in [-0.1, -0.05) is 0 Å². The quantitative estimate of drug-likeness (QED) is 0.546. The van der Waals surface area contributed by atoms with E-state index in [1.165, 1.54) is 0 Å². The van der Waals surface area contributed by atoms with Gasteiger partial charge in [-0.15, -0.1) is 0 Å². The summed E-state index contributed by atoms with van der Waals surface area (Å²) in [5.74, 6) is 0. The van der Waals surface area contributed by atoms with Crippen molar-refractivity contribution >= 4 is 11.9 Å². The summed E-state index contributed by atoms with van der Waals surface area (Å²) in [6.07, 6.45) is 2.71. The van der Waals surface area contributed by atoms with Gasteiger partial charge in [0.05, 0.1) is 5.71 Å². The molecule has 0 aromatic heterocycles. The van der Waals surface area contributed by atoms with Crippen LogP contribution in [0.2, 0.25) is 0 Å². The summed E-state index contributed by atoms with van der Waals surface area (Å²) in [5.41, 5.74) is 8.60. The van der Waals surface area contributed by atoms with Crippen molar-refractivity contribution in [3.8, 4) is 0 Å². The van der Waals surface area contributed by atoms with Gasteiger partial charge in [0.25, 0.3) is 0 Å². The fourth-order valence-electron chi connectivity index (χ4n) is 1.13. The average Bonchev–Trinajstić information content (AvgIpc) is 2.04. The number of hydrogen-bond acceptors (Lipinski definition) is 3. The second-order valence-corrected chi connectivity index (χ2v) is 2.56.